The van der Waals surface area contributed by atoms with Crippen LogP contribution in [-0.2, 0) is 15.6 Å². The Hall–Kier alpha value is -2.55. The molecule has 0 radical (unpaired) electrons. The van der Waals surface area contributed by atoms with E-state index < -0.39 is 10.8 Å². The van der Waals surface area contributed by atoms with Crippen LogP contribution in [-0.4, -0.2) is 59.0 Å². The minimum Gasteiger partial charge on any atom is -0.304 e. The van der Waals surface area contributed by atoms with Gasteiger partial charge in [-0.25, -0.2) is 15.0 Å². The van der Waals surface area contributed by atoms with Gasteiger partial charge in [0.25, 0.3) is 0 Å². The number of carbonyl (C=O) groups excluding carboxylic acids is 1. The van der Waals surface area contributed by atoms with Crippen molar-refractivity contribution in [1.29, 1.82) is 10.5 Å². The second-order valence-electron chi connectivity index (χ2n) is 8.94. The zero-order valence-electron chi connectivity index (χ0n) is 16.8. The SMILES string of the molecule is CN1CCN(NC(=O)C23CCC(C)(c4nc(C#N)c(C#N)nc42)C3(C)C)CC1. The van der Waals surface area contributed by atoms with E-state index in [1.807, 2.05) is 17.1 Å². The van der Waals surface area contributed by atoms with Crippen molar-refractivity contribution in [2.45, 2.75) is 44.4 Å². The van der Waals surface area contributed by atoms with Gasteiger partial charge >= 0.3 is 0 Å². The Kier molecular flexibility index (Phi) is 4.01. The van der Waals surface area contributed by atoms with Gasteiger partial charge in [0.15, 0.2) is 11.4 Å². The summed E-state index contributed by atoms with van der Waals surface area (Å²) in [4.78, 5) is 25.0. The van der Waals surface area contributed by atoms with Crippen LogP contribution >= 0.6 is 0 Å². The zero-order chi connectivity index (χ0) is 20.3. The van der Waals surface area contributed by atoms with Crippen LogP contribution < -0.4 is 5.43 Å². The summed E-state index contributed by atoms with van der Waals surface area (Å²) in [7, 11) is 2.07. The summed E-state index contributed by atoms with van der Waals surface area (Å²) in [6.07, 6.45) is 1.46. The maximum atomic E-state index is 13.7. The molecule has 28 heavy (non-hydrogen) atoms. The van der Waals surface area contributed by atoms with E-state index in [0.717, 1.165) is 32.6 Å². The van der Waals surface area contributed by atoms with E-state index >= 15 is 0 Å². The maximum absolute atomic E-state index is 13.7. The molecule has 2 atom stereocenters. The molecule has 1 saturated carbocycles. The molecule has 1 N–H and O–H groups in total. The van der Waals surface area contributed by atoms with Crippen LogP contribution in [0.15, 0.2) is 0 Å². The van der Waals surface area contributed by atoms with Crippen molar-refractivity contribution in [2.75, 3.05) is 33.2 Å². The van der Waals surface area contributed by atoms with Gasteiger partial charge in [-0.3, -0.25) is 10.2 Å². The molecule has 2 unspecified atom stereocenters. The highest BCUT2D eigenvalue weighted by Crippen LogP contribution is 2.70. The van der Waals surface area contributed by atoms with E-state index in [0.29, 0.717) is 17.8 Å². The van der Waals surface area contributed by atoms with Gasteiger partial charge in [-0.05, 0) is 25.3 Å². The molecule has 4 rings (SSSR count). The number of hydrogen-bond donors (Lipinski definition) is 1. The first kappa shape index (κ1) is 18.8. The molecule has 1 aromatic heterocycles. The Balaban J connectivity index is 1.80. The summed E-state index contributed by atoms with van der Waals surface area (Å²) in [6, 6.07) is 3.96. The molecule has 1 aliphatic heterocycles. The average molecular weight is 379 g/mol. The van der Waals surface area contributed by atoms with E-state index in [4.69, 9.17) is 0 Å². The number of amides is 1. The Morgan fingerprint density at radius 2 is 1.57 bits per heavy atom. The average Bonchev–Trinajstić information content (AvgIpc) is 2.98. The fourth-order valence-corrected chi connectivity index (χ4v) is 5.30. The standard InChI is InChI=1S/C20H25N7O/c1-18(2)19(3)5-6-20(18,17(28)25-27-9-7-26(4)8-10-27)16-15(19)23-13(11-21)14(12-22)24-16/h5-10H2,1-4H3,(H,25,28). The van der Waals surface area contributed by atoms with Gasteiger partial charge in [0.2, 0.25) is 5.91 Å². The molecular formula is C20H25N7O. The first-order valence-corrected chi connectivity index (χ1v) is 9.69. The van der Waals surface area contributed by atoms with Gasteiger partial charge in [-0.1, -0.05) is 20.8 Å². The third-order valence-corrected chi connectivity index (χ3v) is 7.63. The van der Waals surface area contributed by atoms with Gasteiger partial charge < -0.3 is 4.90 Å². The van der Waals surface area contributed by atoms with Crippen molar-refractivity contribution in [1.82, 2.24) is 25.3 Å². The first-order valence-electron chi connectivity index (χ1n) is 9.69. The van der Waals surface area contributed by atoms with Crippen LogP contribution in [0.3, 0.4) is 0 Å². The minimum atomic E-state index is -0.854. The van der Waals surface area contributed by atoms with Crippen molar-refractivity contribution in [3.63, 3.8) is 0 Å². The third-order valence-electron chi connectivity index (χ3n) is 7.63. The predicted octanol–water partition coefficient (Wildman–Crippen LogP) is 0.828. The van der Waals surface area contributed by atoms with Crippen LogP contribution in [0.1, 0.15) is 56.4 Å². The lowest BCUT2D eigenvalue weighted by Gasteiger charge is -2.41. The number of hydrogen-bond acceptors (Lipinski definition) is 7. The van der Waals surface area contributed by atoms with E-state index in [1.54, 1.807) is 0 Å². The topological polar surface area (TPSA) is 109 Å². The van der Waals surface area contributed by atoms with Gasteiger partial charge in [0.1, 0.15) is 17.6 Å². The molecule has 1 saturated heterocycles. The summed E-state index contributed by atoms with van der Waals surface area (Å²) < 4.78 is 0. The summed E-state index contributed by atoms with van der Waals surface area (Å²) in [5, 5.41) is 20.8. The number of hydrazine groups is 1. The normalized spacial score (nSPS) is 31.1. The Labute approximate surface area is 165 Å². The molecule has 2 aliphatic carbocycles. The highest BCUT2D eigenvalue weighted by atomic mass is 16.2. The number of nitrogens with one attached hydrogen (secondary N) is 1. The molecule has 2 bridgehead atoms. The Morgan fingerprint density at radius 3 is 2.14 bits per heavy atom. The number of nitriles is 2. The smallest absolute Gasteiger partial charge is 0.247 e. The molecule has 8 heteroatoms. The van der Waals surface area contributed by atoms with Crippen molar-refractivity contribution in [2.24, 2.45) is 5.41 Å². The number of fused-ring (bicyclic) bond motifs is 5. The van der Waals surface area contributed by atoms with Crippen molar-refractivity contribution >= 4 is 5.91 Å². The molecular weight excluding hydrogens is 354 g/mol. The van der Waals surface area contributed by atoms with Crippen LogP contribution in [0.25, 0.3) is 0 Å². The molecule has 2 heterocycles. The van der Waals surface area contributed by atoms with Crippen molar-refractivity contribution in [3.8, 4) is 12.1 Å². The molecule has 8 nitrogen and oxygen atoms in total. The van der Waals surface area contributed by atoms with E-state index in [-0.39, 0.29) is 22.7 Å². The van der Waals surface area contributed by atoms with Gasteiger partial charge in [-0.15, -0.1) is 0 Å². The monoisotopic (exact) mass is 379 g/mol. The zero-order valence-corrected chi connectivity index (χ0v) is 16.8. The molecule has 146 valence electrons. The second kappa shape index (κ2) is 5.97. The number of rotatable bonds is 2. The Morgan fingerprint density at radius 1 is 1.00 bits per heavy atom. The van der Waals surface area contributed by atoms with Gasteiger partial charge in [0.05, 0.1) is 11.4 Å². The fourth-order valence-electron chi connectivity index (χ4n) is 5.30. The highest BCUT2D eigenvalue weighted by molar-refractivity contribution is 5.91. The quantitative estimate of drug-likeness (QED) is 0.810. The predicted molar refractivity (Wildman–Crippen MR) is 101 cm³/mol. The maximum Gasteiger partial charge on any atom is 0.247 e. The van der Waals surface area contributed by atoms with E-state index in [9.17, 15) is 15.3 Å². The van der Waals surface area contributed by atoms with Crippen LogP contribution in [0.5, 0.6) is 0 Å². The molecule has 0 aromatic carbocycles. The van der Waals surface area contributed by atoms with E-state index in [1.165, 1.54) is 0 Å². The molecule has 0 spiro atoms. The lowest BCUT2D eigenvalue weighted by Crippen LogP contribution is -2.59. The molecule has 1 aromatic rings. The molecule has 2 fully saturated rings. The van der Waals surface area contributed by atoms with Crippen LogP contribution in [0.4, 0.5) is 0 Å². The summed E-state index contributed by atoms with van der Waals surface area (Å²) >= 11 is 0. The summed E-state index contributed by atoms with van der Waals surface area (Å²) in [5.74, 6) is -0.0765. The third kappa shape index (κ3) is 2.13. The molecule has 1 amide bonds. The van der Waals surface area contributed by atoms with Gasteiger partial charge in [-0.2, -0.15) is 10.5 Å². The molecule has 3 aliphatic rings. The minimum absolute atomic E-state index is 0.0000256. The highest BCUT2D eigenvalue weighted by Gasteiger charge is 2.73. The summed E-state index contributed by atoms with van der Waals surface area (Å²) in [5.41, 5.74) is 2.80. The van der Waals surface area contributed by atoms with Crippen molar-refractivity contribution < 1.29 is 4.79 Å². The van der Waals surface area contributed by atoms with Crippen LogP contribution in [0, 0.1) is 28.1 Å². The second-order valence-corrected chi connectivity index (χ2v) is 8.94. The Bertz CT molecular complexity index is 935. The lowest BCUT2D eigenvalue weighted by molar-refractivity contribution is -0.136. The first-order chi connectivity index (χ1) is 13.2. The number of carbonyl (C=O) groups is 1. The lowest BCUT2D eigenvalue weighted by atomic mass is 9.63. The van der Waals surface area contributed by atoms with Gasteiger partial charge in [0, 0.05) is 31.6 Å². The number of piperazine rings is 1. The van der Waals surface area contributed by atoms with E-state index in [2.05, 4.69) is 48.1 Å². The number of likely N-dealkylation sites (N-methyl/N-ethyl adjacent to an activating group) is 1. The largest absolute Gasteiger partial charge is 0.304 e. The fraction of sp³-hybridized carbons (Fsp3) is 0.650. The number of nitrogens with zero attached hydrogens (tertiary/aromatic N) is 6. The van der Waals surface area contributed by atoms with Crippen molar-refractivity contribution in [3.05, 3.63) is 22.8 Å². The number of aromatic nitrogens is 2. The summed E-state index contributed by atoms with van der Waals surface area (Å²) in [6.45, 7) is 9.61. The van der Waals surface area contributed by atoms with Crippen LogP contribution in [0.2, 0.25) is 0 Å².